The molecule has 0 saturated carbocycles. The van der Waals surface area contributed by atoms with Crippen LogP contribution < -0.4 is 10.6 Å². The highest BCUT2D eigenvalue weighted by Crippen LogP contribution is 2.27. The number of aryl methyl sites for hydroxylation is 1. The van der Waals surface area contributed by atoms with E-state index in [9.17, 15) is 4.79 Å². The Morgan fingerprint density at radius 3 is 2.79 bits per heavy atom. The van der Waals surface area contributed by atoms with Crippen molar-refractivity contribution in [1.29, 1.82) is 0 Å². The summed E-state index contributed by atoms with van der Waals surface area (Å²) in [6, 6.07) is 6.17. The van der Waals surface area contributed by atoms with Crippen LogP contribution in [0.5, 0.6) is 0 Å². The van der Waals surface area contributed by atoms with Crippen molar-refractivity contribution < 1.29 is 4.79 Å². The highest BCUT2D eigenvalue weighted by molar-refractivity contribution is 5.96. The maximum absolute atomic E-state index is 12.3. The van der Waals surface area contributed by atoms with Crippen LogP contribution in [0.2, 0.25) is 0 Å². The van der Waals surface area contributed by atoms with Crippen LogP contribution in [0.1, 0.15) is 50.2 Å². The summed E-state index contributed by atoms with van der Waals surface area (Å²) in [7, 11) is 0. The number of rotatable bonds is 3. The highest BCUT2D eigenvalue weighted by atomic mass is 16.2. The third-order valence-corrected chi connectivity index (χ3v) is 3.80. The number of amides is 1. The monoisotopic (exact) mass is 260 g/mol. The van der Waals surface area contributed by atoms with Gasteiger partial charge in [0.15, 0.2) is 0 Å². The van der Waals surface area contributed by atoms with Gasteiger partial charge in [-0.15, -0.1) is 0 Å². The van der Waals surface area contributed by atoms with Crippen molar-refractivity contribution in [3.8, 4) is 0 Å². The quantitative estimate of drug-likeness (QED) is 0.876. The maximum Gasteiger partial charge on any atom is 0.241 e. The number of anilines is 1. The van der Waals surface area contributed by atoms with E-state index in [4.69, 9.17) is 0 Å². The molecule has 1 aliphatic heterocycles. The first-order valence-corrected chi connectivity index (χ1v) is 7.23. The second-order valence-corrected chi connectivity index (χ2v) is 5.69. The van der Waals surface area contributed by atoms with E-state index >= 15 is 0 Å². The summed E-state index contributed by atoms with van der Waals surface area (Å²) in [4.78, 5) is 12.3. The smallest absolute Gasteiger partial charge is 0.241 e. The van der Waals surface area contributed by atoms with Crippen LogP contribution in [-0.4, -0.2) is 18.5 Å². The fraction of sp³-hybridized carbons (Fsp3) is 0.562. The van der Waals surface area contributed by atoms with Crippen molar-refractivity contribution in [1.82, 2.24) is 5.32 Å². The molecule has 0 aliphatic carbocycles. The standard InChI is InChI=1S/C16H24N2O/c1-11(2)13-8-6-7-12(3)15(13)18-16(19)14-9-4-5-10-17-14/h6-8,11,14,17H,4-5,9-10H2,1-3H3,(H,18,19). The van der Waals surface area contributed by atoms with Crippen LogP contribution in [0.15, 0.2) is 18.2 Å². The fourth-order valence-electron chi connectivity index (χ4n) is 2.63. The molecule has 1 heterocycles. The van der Waals surface area contributed by atoms with Crippen LogP contribution in [0.25, 0.3) is 0 Å². The van der Waals surface area contributed by atoms with Gasteiger partial charge in [-0.05, 0) is 43.4 Å². The average molecular weight is 260 g/mol. The first-order valence-electron chi connectivity index (χ1n) is 7.23. The average Bonchev–Trinajstić information content (AvgIpc) is 2.41. The molecule has 0 bridgehead atoms. The van der Waals surface area contributed by atoms with E-state index in [1.807, 2.05) is 0 Å². The van der Waals surface area contributed by atoms with Gasteiger partial charge in [-0.3, -0.25) is 4.79 Å². The van der Waals surface area contributed by atoms with Crippen LogP contribution in [0.3, 0.4) is 0 Å². The molecule has 3 heteroatoms. The molecule has 0 spiro atoms. The Bertz CT molecular complexity index is 448. The normalized spacial score (nSPS) is 19.5. The van der Waals surface area contributed by atoms with Gasteiger partial charge in [-0.25, -0.2) is 0 Å². The lowest BCUT2D eigenvalue weighted by Gasteiger charge is -2.24. The summed E-state index contributed by atoms with van der Waals surface area (Å²) in [5.41, 5.74) is 3.34. The second-order valence-electron chi connectivity index (χ2n) is 5.69. The first kappa shape index (κ1) is 14.1. The van der Waals surface area contributed by atoms with E-state index in [1.165, 1.54) is 12.0 Å². The van der Waals surface area contributed by atoms with E-state index in [2.05, 4.69) is 49.6 Å². The Hall–Kier alpha value is -1.35. The topological polar surface area (TPSA) is 41.1 Å². The summed E-state index contributed by atoms with van der Waals surface area (Å²) in [6.45, 7) is 7.31. The van der Waals surface area contributed by atoms with Crippen molar-refractivity contribution in [3.05, 3.63) is 29.3 Å². The third-order valence-electron chi connectivity index (χ3n) is 3.80. The Labute approximate surface area is 115 Å². The molecule has 1 unspecified atom stereocenters. The molecule has 2 rings (SSSR count). The predicted molar refractivity (Wildman–Crippen MR) is 79.5 cm³/mol. The summed E-state index contributed by atoms with van der Waals surface area (Å²) in [5, 5.41) is 6.42. The number of hydrogen-bond acceptors (Lipinski definition) is 2. The van der Waals surface area contributed by atoms with Gasteiger partial charge in [0, 0.05) is 5.69 Å². The molecule has 1 aromatic rings. The lowest BCUT2D eigenvalue weighted by Crippen LogP contribution is -2.43. The molecule has 3 nitrogen and oxygen atoms in total. The molecule has 1 aliphatic rings. The molecule has 0 aromatic heterocycles. The first-order chi connectivity index (χ1) is 9.09. The van der Waals surface area contributed by atoms with Gasteiger partial charge in [0.05, 0.1) is 6.04 Å². The molecule has 19 heavy (non-hydrogen) atoms. The van der Waals surface area contributed by atoms with Crippen molar-refractivity contribution in [3.63, 3.8) is 0 Å². The highest BCUT2D eigenvalue weighted by Gasteiger charge is 2.22. The van der Waals surface area contributed by atoms with Gasteiger partial charge in [0.25, 0.3) is 0 Å². The molecule has 1 atom stereocenters. The molecule has 1 fully saturated rings. The summed E-state index contributed by atoms with van der Waals surface area (Å²) in [5.74, 6) is 0.519. The zero-order valence-corrected chi connectivity index (χ0v) is 12.1. The Morgan fingerprint density at radius 2 is 2.16 bits per heavy atom. The number of nitrogens with one attached hydrogen (secondary N) is 2. The fourth-order valence-corrected chi connectivity index (χ4v) is 2.63. The summed E-state index contributed by atoms with van der Waals surface area (Å²) in [6.07, 6.45) is 3.25. The van der Waals surface area contributed by atoms with Crippen molar-refractivity contribution in [2.24, 2.45) is 0 Å². The van der Waals surface area contributed by atoms with E-state index in [-0.39, 0.29) is 11.9 Å². The van der Waals surface area contributed by atoms with Crippen LogP contribution in [-0.2, 0) is 4.79 Å². The molecule has 2 N–H and O–H groups in total. The van der Waals surface area contributed by atoms with Gasteiger partial charge < -0.3 is 10.6 Å². The predicted octanol–water partition coefficient (Wildman–Crippen LogP) is 3.20. The van der Waals surface area contributed by atoms with E-state index in [0.29, 0.717) is 5.92 Å². The minimum atomic E-state index is -0.0339. The molecular formula is C16H24N2O. The number of carbonyl (C=O) groups is 1. The van der Waals surface area contributed by atoms with E-state index < -0.39 is 0 Å². The van der Waals surface area contributed by atoms with Gasteiger partial charge >= 0.3 is 0 Å². The number of para-hydroxylation sites is 1. The second kappa shape index (κ2) is 6.20. The molecule has 1 amide bonds. The number of benzene rings is 1. The molecule has 0 radical (unpaired) electrons. The number of hydrogen-bond donors (Lipinski definition) is 2. The van der Waals surface area contributed by atoms with Gasteiger partial charge in [0.1, 0.15) is 0 Å². The molecule has 1 saturated heterocycles. The van der Waals surface area contributed by atoms with Crippen molar-refractivity contribution >= 4 is 11.6 Å². The third kappa shape index (κ3) is 3.35. The lowest BCUT2D eigenvalue weighted by molar-refractivity contribution is -0.118. The largest absolute Gasteiger partial charge is 0.324 e. The zero-order chi connectivity index (χ0) is 13.8. The van der Waals surface area contributed by atoms with Gasteiger partial charge in [-0.1, -0.05) is 38.5 Å². The maximum atomic E-state index is 12.3. The molecule has 1 aromatic carbocycles. The number of piperidine rings is 1. The Morgan fingerprint density at radius 1 is 1.37 bits per heavy atom. The number of carbonyl (C=O) groups excluding carboxylic acids is 1. The Kier molecular flexibility index (Phi) is 4.59. The van der Waals surface area contributed by atoms with Gasteiger partial charge in [-0.2, -0.15) is 0 Å². The zero-order valence-electron chi connectivity index (χ0n) is 12.1. The van der Waals surface area contributed by atoms with Crippen molar-refractivity contribution in [2.75, 3.05) is 11.9 Å². The molecule has 104 valence electrons. The minimum Gasteiger partial charge on any atom is -0.324 e. The Balaban J connectivity index is 2.15. The van der Waals surface area contributed by atoms with Crippen molar-refractivity contribution in [2.45, 2.75) is 52.0 Å². The lowest BCUT2D eigenvalue weighted by atomic mass is 9.97. The van der Waals surface area contributed by atoms with Crippen LogP contribution >= 0.6 is 0 Å². The summed E-state index contributed by atoms with van der Waals surface area (Å²) < 4.78 is 0. The van der Waals surface area contributed by atoms with Crippen LogP contribution in [0, 0.1) is 6.92 Å². The SMILES string of the molecule is Cc1cccc(C(C)C)c1NC(=O)C1CCCCN1. The minimum absolute atomic E-state index is 0.0339. The van der Waals surface area contributed by atoms with E-state index in [1.54, 1.807) is 0 Å². The van der Waals surface area contributed by atoms with Gasteiger partial charge in [0.2, 0.25) is 5.91 Å². The van der Waals surface area contributed by atoms with Crippen LogP contribution in [0.4, 0.5) is 5.69 Å². The molecular weight excluding hydrogens is 236 g/mol. The van der Waals surface area contributed by atoms with E-state index in [0.717, 1.165) is 30.6 Å². The summed E-state index contributed by atoms with van der Waals surface area (Å²) >= 11 is 0.